The predicted octanol–water partition coefficient (Wildman–Crippen LogP) is 14.4. The first kappa shape index (κ1) is 93.6. The smallest absolute Gasteiger partial charge is 0.772 e. The van der Waals surface area contributed by atoms with E-state index in [9.17, 15) is 51.5 Å². The fourth-order valence-corrected chi connectivity index (χ4v) is 23.0. The summed E-state index contributed by atoms with van der Waals surface area (Å²) in [5.41, 5.74) is 14.4. The average molecular weight is 2080 g/mol. The summed E-state index contributed by atoms with van der Waals surface area (Å²) >= 11 is -7.38. The van der Waals surface area contributed by atoms with Crippen LogP contribution < -0.4 is 15.4 Å². The number of rotatable bonds is 12. The van der Waals surface area contributed by atoms with Crippen LogP contribution in [0.15, 0.2) is 269 Å². The predicted molar refractivity (Wildman–Crippen MR) is 561 cm³/mol. The number of aromatic nitrogens is 24. The normalized spacial score (nSPS) is 12.9. The summed E-state index contributed by atoms with van der Waals surface area (Å²) in [5.74, 6) is 3.57. The van der Waals surface area contributed by atoms with Gasteiger partial charge in [-0.1, -0.05) is 252 Å². The van der Waals surface area contributed by atoms with Gasteiger partial charge >= 0.3 is 17.4 Å². The van der Waals surface area contributed by atoms with Gasteiger partial charge in [-0.3, -0.25) is 12.6 Å². The molecule has 3 atom stereocenters. The van der Waals surface area contributed by atoms with Crippen LogP contribution in [0.5, 0.6) is 0 Å². The zero-order chi connectivity index (χ0) is 100. The maximum absolute atomic E-state index is 12.8. The number of hydrogen-bond donors (Lipinski definition) is 9. The molecule has 15 heterocycles. The SMILES string of the molecule is NS(=O)(=O)c1ccc2c3nc4nc(nc5[nH]c(nc6nc(nc([nH]3)c2c1CCS(=O)[O-])-c1ccccc1-6)c1ccccc51)-c1ccccc1-4.NS(=O)(=O)c1ccc2c3nc4nc(nc5[nH]c(nc6nc(nc([nH]3)c2c1CCS(=O)[O-])-c1ccccc1-6)c1ccccc51)-c1ccccc1-4.NS(=O)(=O)c1ccc2c3nc4nc(nc5[nH]c(nc6nc(nc([nH]3)c2c1CCS(=O)[O-])-c1ccccc1-6)c1ccccc51)-c1ccccc1-4.[Al+3]. The zero-order valence-corrected chi connectivity index (χ0v) is 82.3. The third-order valence-electron chi connectivity index (χ3n) is 25.8. The van der Waals surface area contributed by atoms with E-state index in [0.29, 0.717) is 170 Å². The Kier molecular flexibility index (Phi) is 23.1. The number of nitrogens with one attached hydrogen (secondary N) is 6. The molecule has 0 saturated heterocycles. The number of aromatic amines is 6. The molecule has 0 saturated carbocycles. The van der Waals surface area contributed by atoms with Gasteiger partial charge in [0.1, 0.15) is 67.8 Å². The van der Waals surface area contributed by atoms with Gasteiger partial charge in [-0.2, -0.15) is 0 Å². The summed E-state index contributed by atoms with van der Waals surface area (Å²) in [6, 6.07) is 77.5. The van der Waals surface area contributed by atoms with Gasteiger partial charge in [0, 0.05) is 149 Å². The third-order valence-corrected chi connectivity index (χ3v) is 30.4. The van der Waals surface area contributed by atoms with Crippen molar-refractivity contribution in [1.29, 1.82) is 0 Å². The number of benzene rings is 12. The third kappa shape index (κ3) is 16.6. The van der Waals surface area contributed by atoms with Crippen LogP contribution in [0.2, 0.25) is 0 Å². The summed E-state index contributed by atoms with van der Waals surface area (Å²) in [6.07, 6.45) is -0.424. The molecule has 148 heavy (non-hydrogen) atoms. The molecular formula is C102H66AlN27O12S6. The van der Waals surface area contributed by atoms with Crippen molar-refractivity contribution in [3.63, 3.8) is 0 Å². The molecule has 0 amide bonds. The van der Waals surface area contributed by atoms with E-state index in [-0.39, 0.29) is 102 Å². The largest absolute Gasteiger partial charge is 3.00 e. The molecule has 27 rings (SSSR count). The first-order valence-electron chi connectivity index (χ1n) is 45.2. The van der Waals surface area contributed by atoms with Crippen molar-refractivity contribution >= 4 is 213 Å². The first-order valence-corrected chi connectivity index (χ1v) is 53.6. The first-order chi connectivity index (χ1) is 71.2. The molecule has 9 aromatic heterocycles. The summed E-state index contributed by atoms with van der Waals surface area (Å²) in [6.45, 7) is 0. The van der Waals surface area contributed by atoms with E-state index >= 15 is 0 Å². The van der Waals surface area contributed by atoms with E-state index in [4.69, 9.17) is 105 Å². The second-order valence-corrected chi connectivity index (χ2v) is 42.2. The van der Waals surface area contributed by atoms with Crippen molar-refractivity contribution in [2.24, 2.45) is 15.4 Å². The molecule has 12 N–H and O–H groups in total. The van der Waals surface area contributed by atoms with Gasteiger partial charge in [0.05, 0.1) is 14.7 Å². The monoisotopic (exact) mass is 2080 g/mol. The molecule has 720 valence electrons. The second-order valence-electron chi connectivity index (χ2n) is 34.5. The van der Waals surface area contributed by atoms with Crippen LogP contribution in [0.3, 0.4) is 0 Å². The number of nitrogens with two attached hydrogens (primary N) is 3. The standard InChI is InChI=1S/3C34H23N9O4S2.Al/c3*35-49(46,47)25-14-13-24-26(23(25)15-16-48(44)45)34-42-32-22-12-6-5-11-21(22)30(40-32)38-28-18-8-2-1-7-17(18)27(36-28)37-29-19-9-3-4-10-20(19)31(39-29)41-33(24)43-34;/h3*1-14H,15-16H2,(H,44,45)(H2,35,46,47)(H2,36,37,38,39,40,41,42,43);/q;;;+3/p-3. The number of sulfonamides is 3. The van der Waals surface area contributed by atoms with Crippen molar-refractivity contribution in [2.75, 3.05) is 17.3 Å². The molecule has 0 radical (unpaired) electrons. The number of nitrogens with zero attached hydrogens (tertiary/aromatic N) is 18. The molecule has 6 aliphatic heterocycles. The van der Waals surface area contributed by atoms with Gasteiger partial charge in [-0.25, -0.2) is 130 Å². The molecule has 6 aliphatic rings. The zero-order valence-electron chi connectivity index (χ0n) is 76.2. The Balaban J connectivity index is 0.000000118. The molecule has 0 spiro atoms. The number of fused-ring (bicyclic) bond motifs is 60. The van der Waals surface area contributed by atoms with Crippen LogP contribution >= 0.6 is 0 Å². The minimum absolute atomic E-state index is 0. The van der Waals surface area contributed by atoms with Crippen molar-refractivity contribution in [3.05, 3.63) is 271 Å². The Morgan fingerprint density at radius 1 is 0.203 bits per heavy atom. The van der Waals surface area contributed by atoms with Gasteiger partial charge in [0.25, 0.3) is 0 Å². The summed E-state index contributed by atoms with van der Waals surface area (Å²) in [7, 11) is -12.8. The molecule has 0 fully saturated rings. The fraction of sp³-hybridized carbons (Fsp3) is 0.0588. The van der Waals surface area contributed by atoms with Gasteiger partial charge in [-0.05, 0) is 72.4 Å². The van der Waals surface area contributed by atoms with Crippen LogP contribution in [-0.4, -0.2) is 206 Å². The fourth-order valence-electron chi connectivity index (χ4n) is 19.4. The molecule has 21 aromatic rings. The molecule has 12 aromatic carbocycles. The van der Waals surface area contributed by atoms with E-state index in [0.717, 1.165) is 82.4 Å². The average Bonchev–Trinajstić information content (AvgIpc) is 1.59. The second kappa shape index (κ2) is 36.5. The molecular weight excluding hydrogens is 2010 g/mol. The maximum Gasteiger partial charge on any atom is 3.00 e. The summed E-state index contributed by atoms with van der Waals surface area (Å²) in [5, 5.41) is 24.6. The Labute approximate surface area is 852 Å². The number of H-pyrrole nitrogens is 6. The van der Waals surface area contributed by atoms with E-state index in [1.165, 1.54) is 18.2 Å². The Hall–Kier alpha value is -16.7. The molecule has 0 aliphatic carbocycles. The van der Waals surface area contributed by atoms with Gasteiger partial charge in [0.15, 0.2) is 69.9 Å². The summed E-state index contributed by atoms with van der Waals surface area (Å²) in [4.78, 5) is 108. The Bertz CT molecular complexity index is 9520. The topological polar surface area (TPSA) is 628 Å². The molecule has 39 nitrogen and oxygen atoms in total. The van der Waals surface area contributed by atoms with Crippen molar-refractivity contribution in [3.8, 4) is 137 Å². The molecule has 24 bridgehead atoms. The van der Waals surface area contributed by atoms with Crippen LogP contribution in [0.1, 0.15) is 16.7 Å². The quantitative estimate of drug-likeness (QED) is 0.0405. The van der Waals surface area contributed by atoms with Crippen molar-refractivity contribution in [1.82, 2.24) is 120 Å². The number of hydrogen-bond acceptors (Lipinski definition) is 30. The Morgan fingerprint density at radius 2 is 0.345 bits per heavy atom. The van der Waals surface area contributed by atoms with Gasteiger partial charge in [-0.15, -0.1) is 0 Å². The number of primary sulfonamides is 3. The minimum atomic E-state index is -4.26. The van der Waals surface area contributed by atoms with E-state index in [1.807, 2.05) is 218 Å². The summed E-state index contributed by atoms with van der Waals surface area (Å²) < 4.78 is 147. The molecule has 3 unspecified atom stereocenters. The Morgan fingerprint density at radius 3 is 0.500 bits per heavy atom. The maximum atomic E-state index is 12.8. The van der Waals surface area contributed by atoms with Crippen molar-refractivity contribution in [2.45, 2.75) is 33.9 Å². The van der Waals surface area contributed by atoms with Crippen LogP contribution in [0.25, 0.3) is 269 Å². The van der Waals surface area contributed by atoms with Gasteiger partial charge < -0.3 is 43.6 Å². The van der Waals surface area contributed by atoms with Crippen LogP contribution in [-0.2, 0) is 82.6 Å². The van der Waals surface area contributed by atoms with Crippen LogP contribution in [0.4, 0.5) is 0 Å². The van der Waals surface area contributed by atoms with Crippen molar-refractivity contribution < 1.29 is 51.5 Å². The van der Waals surface area contributed by atoms with Crippen LogP contribution in [0, 0.1) is 0 Å². The van der Waals surface area contributed by atoms with E-state index in [1.54, 1.807) is 18.2 Å². The van der Waals surface area contributed by atoms with E-state index < -0.39 is 63.3 Å². The van der Waals surface area contributed by atoms with E-state index in [2.05, 4.69) is 29.9 Å². The minimum Gasteiger partial charge on any atom is -0.772 e. The van der Waals surface area contributed by atoms with Gasteiger partial charge in [0.2, 0.25) is 30.1 Å². The molecule has 46 heteroatoms. The number of aryl methyl sites for hydroxylation is 3.